The lowest BCUT2D eigenvalue weighted by molar-refractivity contribution is -0.384. The van der Waals surface area contributed by atoms with Crippen molar-refractivity contribution in [3.8, 4) is 0 Å². The zero-order valence-corrected chi connectivity index (χ0v) is 13.8. The number of benzene rings is 1. The molecule has 25 heavy (non-hydrogen) atoms. The molecule has 130 valence electrons. The second-order valence-electron chi connectivity index (χ2n) is 6.08. The Morgan fingerprint density at radius 3 is 2.28 bits per heavy atom. The maximum absolute atomic E-state index is 12.8. The molecule has 2 aliphatic rings. The van der Waals surface area contributed by atoms with Crippen molar-refractivity contribution in [2.24, 2.45) is 0 Å². The van der Waals surface area contributed by atoms with Crippen LogP contribution in [0.4, 0.5) is 5.69 Å². The number of hydrogen-bond donors (Lipinski definition) is 0. The second kappa shape index (κ2) is 6.88. The van der Waals surface area contributed by atoms with E-state index in [9.17, 15) is 19.7 Å². The van der Waals surface area contributed by atoms with Crippen LogP contribution in [0.3, 0.4) is 0 Å². The molecule has 0 atom stereocenters. The minimum atomic E-state index is -0.491. The topological polar surface area (TPSA) is 83.8 Å². The zero-order valence-electron chi connectivity index (χ0n) is 13.8. The van der Waals surface area contributed by atoms with Gasteiger partial charge >= 0.3 is 0 Å². The van der Waals surface area contributed by atoms with Crippen LogP contribution in [-0.2, 0) is 9.59 Å². The van der Waals surface area contributed by atoms with Gasteiger partial charge in [0.05, 0.1) is 10.5 Å². The van der Waals surface area contributed by atoms with Crippen molar-refractivity contribution in [1.29, 1.82) is 0 Å². The fraction of sp³-hybridized carbons (Fsp3) is 0.333. The first-order chi connectivity index (χ1) is 12.0. The normalized spacial score (nSPS) is 18.1. The van der Waals surface area contributed by atoms with Gasteiger partial charge in [-0.15, -0.1) is 6.58 Å². The maximum atomic E-state index is 12.8. The average Bonchev–Trinajstić information content (AvgIpc) is 2.87. The third-order valence-electron chi connectivity index (χ3n) is 4.49. The van der Waals surface area contributed by atoms with Gasteiger partial charge in [-0.05, 0) is 37.0 Å². The number of nitro benzene ring substituents is 1. The summed E-state index contributed by atoms with van der Waals surface area (Å²) in [4.78, 5) is 39.1. The van der Waals surface area contributed by atoms with Gasteiger partial charge in [0, 0.05) is 31.8 Å². The van der Waals surface area contributed by atoms with Gasteiger partial charge in [0.25, 0.3) is 17.5 Å². The van der Waals surface area contributed by atoms with Crippen LogP contribution in [0.5, 0.6) is 0 Å². The molecule has 0 N–H and O–H groups in total. The third-order valence-corrected chi connectivity index (χ3v) is 4.49. The largest absolute Gasteiger partial charge is 0.366 e. The average molecular weight is 341 g/mol. The Kier molecular flexibility index (Phi) is 4.65. The van der Waals surface area contributed by atoms with Crippen LogP contribution in [0.15, 0.2) is 42.6 Å². The van der Waals surface area contributed by atoms with Crippen LogP contribution < -0.4 is 0 Å². The van der Waals surface area contributed by atoms with Gasteiger partial charge in [-0.25, -0.2) is 0 Å². The summed E-state index contributed by atoms with van der Waals surface area (Å²) < 4.78 is 0. The van der Waals surface area contributed by atoms with Gasteiger partial charge in [0.1, 0.15) is 5.70 Å². The van der Waals surface area contributed by atoms with Crippen molar-refractivity contribution in [3.05, 3.63) is 58.3 Å². The predicted molar refractivity (Wildman–Crippen MR) is 92.4 cm³/mol. The van der Waals surface area contributed by atoms with E-state index >= 15 is 0 Å². The smallest absolute Gasteiger partial charge is 0.278 e. The lowest BCUT2D eigenvalue weighted by Crippen LogP contribution is -2.37. The third kappa shape index (κ3) is 3.05. The highest BCUT2D eigenvalue weighted by Crippen LogP contribution is 2.33. The highest BCUT2D eigenvalue weighted by Gasteiger charge is 2.41. The van der Waals surface area contributed by atoms with E-state index in [1.54, 1.807) is 0 Å². The van der Waals surface area contributed by atoms with Crippen LogP contribution in [0.1, 0.15) is 24.8 Å². The molecule has 0 spiro atoms. The van der Waals surface area contributed by atoms with Crippen LogP contribution in [0.2, 0.25) is 0 Å². The molecule has 3 rings (SSSR count). The molecule has 0 radical (unpaired) electrons. The van der Waals surface area contributed by atoms with Gasteiger partial charge in [0.15, 0.2) is 0 Å². The minimum Gasteiger partial charge on any atom is -0.366 e. The van der Waals surface area contributed by atoms with Crippen LogP contribution in [0, 0.1) is 10.1 Å². The second-order valence-corrected chi connectivity index (χ2v) is 6.08. The fourth-order valence-electron chi connectivity index (χ4n) is 3.28. The minimum absolute atomic E-state index is 0.0522. The van der Waals surface area contributed by atoms with Gasteiger partial charge in [-0.2, -0.15) is 0 Å². The summed E-state index contributed by atoms with van der Waals surface area (Å²) in [6, 6.07) is 5.76. The number of likely N-dealkylation sites (tertiary alicyclic amines) is 1. The highest BCUT2D eigenvalue weighted by atomic mass is 16.6. The lowest BCUT2D eigenvalue weighted by Gasteiger charge is -2.29. The molecule has 2 amide bonds. The number of non-ortho nitro benzene ring substituents is 1. The molecule has 2 heterocycles. The van der Waals surface area contributed by atoms with E-state index < -0.39 is 4.92 Å². The number of piperidine rings is 1. The van der Waals surface area contributed by atoms with Crippen molar-refractivity contribution < 1.29 is 14.5 Å². The summed E-state index contributed by atoms with van der Waals surface area (Å²) in [5, 5.41) is 10.8. The summed E-state index contributed by atoms with van der Waals surface area (Å²) in [5.41, 5.74) is 1.20. The Morgan fingerprint density at radius 1 is 1.08 bits per heavy atom. The van der Waals surface area contributed by atoms with Crippen molar-refractivity contribution in [3.63, 3.8) is 0 Å². The van der Waals surface area contributed by atoms with Crippen LogP contribution in [-0.4, -0.2) is 46.2 Å². The van der Waals surface area contributed by atoms with E-state index in [0.29, 0.717) is 16.8 Å². The number of carbonyl (C=O) groups excluding carboxylic acids is 2. The summed E-state index contributed by atoms with van der Waals surface area (Å²) in [5.74, 6) is -0.695. The molecule has 1 aromatic rings. The Balaban J connectivity index is 2.06. The van der Waals surface area contributed by atoms with Crippen molar-refractivity contribution in [1.82, 2.24) is 9.80 Å². The monoisotopic (exact) mass is 341 g/mol. The van der Waals surface area contributed by atoms with E-state index in [1.807, 2.05) is 4.90 Å². The first-order valence-corrected chi connectivity index (χ1v) is 8.25. The number of rotatable bonds is 5. The lowest BCUT2D eigenvalue weighted by atomic mass is 10.0. The van der Waals surface area contributed by atoms with Crippen molar-refractivity contribution >= 4 is 23.1 Å². The molecular formula is C18H19N3O4. The number of hydrogen-bond acceptors (Lipinski definition) is 5. The number of amides is 2. The zero-order chi connectivity index (χ0) is 18.0. The number of nitro groups is 1. The van der Waals surface area contributed by atoms with Gasteiger partial charge < -0.3 is 4.90 Å². The Labute approximate surface area is 145 Å². The number of nitrogens with zero attached hydrogens (tertiary/aromatic N) is 3. The molecule has 1 aromatic carbocycles. The first-order valence-electron chi connectivity index (χ1n) is 8.25. The van der Waals surface area contributed by atoms with E-state index in [1.165, 1.54) is 35.2 Å². The molecule has 0 aromatic heterocycles. The van der Waals surface area contributed by atoms with Crippen molar-refractivity contribution in [2.45, 2.75) is 19.3 Å². The summed E-state index contributed by atoms with van der Waals surface area (Å²) in [6.07, 6.45) is 4.57. The van der Waals surface area contributed by atoms with Gasteiger partial charge in [-0.3, -0.25) is 24.6 Å². The van der Waals surface area contributed by atoms with Crippen LogP contribution >= 0.6 is 0 Å². The first kappa shape index (κ1) is 16.9. The molecule has 7 nitrogen and oxygen atoms in total. The molecule has 1 fully saturated rings. The van der Waals surface area contributed by atoms with E-state index in [-0.39, 0.29) is 24.0 Å². The Bertz CT molecular complexity index is 761. The maximum Gasteiger partial charge on any atom is 0.278 e. The fourth-order valence-corrected chi connectivity index (χ4v) is 3.28. The molecule has 0 saturated carbocycles. The molecule has 0 aliphatic carbocycles. The molecule has 1 saturated heterocycles. The standard InChI is InChI=1S/C18H19N3O4/c1-2-10-20-17(22)15(13-6-8-14(9-7-13)21(24)25)16(18(20)23)19-11-4-3-5-12-19/h2,6-9H,1,3-5,10-12H2. The molecule has 0 unspecified atom stereocenters. The van der Waals surface area contributed by atoms with Crippen LogP contribution in [0.25, 0.3) is 5.57 Å². The molecule has 0 bridgehead atoms. The van der Waals surface area contributed by atoms with Gasteiger partial charge in [0.2, 0.25) is 0 Å². The number of carbonyl (C=O) groups is 2. The Morgan fingerprint density at radius 2 is 1.72 bits per heavy atom. The molecule has 7 heteroatoms. The van der Waals surface area contributed by atoms with E-state index in [2.05, 4.69) is 6.58 Å². The molecular weight excluding hydrogens is 322 g/mol. The Hall–Kier alpha value is -2.96. The van der Waals surface area contributed by atoms with Crippen molar-refractivity contribution in [2.75, 3.05) is 19.6 Å². The highest BCUT2D eigenvalue weighted by molar-refractivity contribution is 6.35. The van der Waals surface area contributed by atoms with E-state index in [0.717, 1.165) is 32.4 Å². The SMILES string of the molecule is C=CCN1C(=O)C(c2ccc([N+](=O)[O-])cc2)=C(N2CCCCC2)C1=O. The summed E-state index contributed by atoms with van der Waals surface area (Å²) >= 11 is 0. The summed E-state index contributed by atoms with van der Waals surface area (Å²) in [6.45, 7) is 5.21. The number of imide groups is 1. The summed E-state index contributed by atoms with van der Waals surface area (Å²) in [7, 11) is 0. The van der Waals surface area contributed by atoms with Gasteiger partial charge in [-0.1, -0.05) is 6.08 Å². The van der Waals surface area contributed by atoms with E-state index in [4.69, 9.17) is 0 Å². The predicted octanol–water partition coefficient (Wildman–Crippen LogP) is 2.35. The quantitative estimate of drug-likeness (QED) is 0.355. The molecule has 2 aliphatic heterocycles.